The second-order valence-corrected chi connectivity index (χ2v) is 3.57. The number of aliphatic carboxylic acids is 1. The van der Waals surface area contributed by atoms with Gasteiger partial charge in [0, 0.05) is 4.90 Å². The van der Waals surface area contributed by atoms with Gasteiger partial charge in [-0.3, -0.25) is 0 Å². The maximum Gasteiger partial charge on any atom is 0.393 e. The quantitative estimate of drug-likeness (QED) is 0.798. The number of hydrogen-bond acceptors (Lipinski definition) is 2. The van der Waals surface area contributed by atoms with Crippen molar-refractivity contribution < 1.29 is 23.1 Å². The number of alkyl halides is 2. The van der Waals surface area contributed by atoms with Crippen molar-refractivity contribution in [1.82, 2.24) is 0 Å². The van der Waals surface area contributed by atoms with Crippen molar-refractivity contribution in [3.8, 4) is 0 Å². The van der Waals surface area contributed by atoms with Crippen LogP contribution < -0.4 is 0 Å². The largest absolute Gasteiger partial charge is 0.476 e. The zero-order valence-corrected chi connectivity index (χ0v) is 7.52. The molecule has 0 atom stereocenters. The van der Waals surface area contributed by atoms with Gasteiger partial charge >= 0.3 is 11.2 Å². The van der Waals surface area contributed by atoms with Crippen LogP contribution in [0.1, 0.15) is 0 Å². The highest BCUT2D eigenvalue weighted by atomic mass is 32.2. The van der Waals surface area contributed by atoms with E-state index in [0.717, 1.165) is 24.3 Å². The maximum absolute atomic E-state index is 12.6. The predicted octanol–water partition coefficient (Wildman–Crippen LogP) is 2.60. The Labute approximate surface area is 81.7 Å². The normalized spacial score (nSPS) is 11.4. The van der Waals surface area contributed by atoms with E-state index in [1.807, 2.05) is 0 Å². The van der Waals surface area contributed by atoms with Gasteiger partial charge < -0.3 is 5.11 Å². The minimum atomic E-state index is -3.89. The van der Waals surface area contributed by atoms with E-state index in [0.29, 0.717) is 0 Å². The Morgan fingerprint density at radius 2 is 1.79 bits per heavy atom. The Morgan fingerprint density at radius 3 is 2.21 bits per heavy atom. The lowest BCUT2D eigenvalue weighted by Crippen LogP contribution is -2.23. The first kappa shape index (κ1) is 10.9. The van der Waals surface area contributed by atoms with Crippen molar-refractivity contribution in [2.75, 3.05) is 0 Å². The predicted molar refractivity (Wildman–Crippen MR) is 44.8 cm³/mol. The molecule has 0 aliphatic carbocycles. The molecule has 0 amide bonds. The molecule has 6 heteroatoms. The number of halogens is 3. The Balaban J connectivity index is 2.79. The van der Waals surface area contributed by atoms with Gasteiger partial charge in [-0.1, -0.05) is 0 Å². The first-order chi connectivity index (χ1) is 6.42. The van der Waals surface area contributed by atoms with E-state index in [1.54, 1.807) is 0 Å². The van der Waals surface area contributed by atoms with Crippen molar-refractivity contribution in [2.45, 2.75) is 10.2 Å². The molecule has 1 aromatic rings. The SMILES string of the molecule is O=C(O)C(F)(F)Sc1ccc(F)cc1. The van der Waals surface area contributed by atoms with Gasteiger partial charge in [-0.05, 0) is 36.0 Å². The molecule has 0 aromatic heterocycles. The summed E-state index contributed by atoms with van der Waals surface area (Å²) in [5, 5.41) is 4.22. The molecule has 76 valence electrons. The summed E-state index contributed by atoms with van der Waals surface area (Å²) >= 11 is -0.137. The molecule has 2 nitrogen and oxygen atoms in total. The van der Waals surface area contributed by atoms with Crippen molar-refractivity contribution in [1.29, 1.82) is 0 Å². The molecule has 0 spiro atoms. The molecule has 1 aromatic carbocycles. The van der Waals surface area contributed by atoms with E-state index in [1.165, 1.54) is 0 Å². The molecule has 0 heterocycles. The van der Waals surface area contributed by atoms with Gasteiger partial charge in [-0.2, -0.15) is 8.78 Å². The number of hydrogen-bond donors (Lipinski definition) is 1. The lowest BCUT2D eigenvalue weighted by molar-refractivity contribution is -0.152. The van der Waals surface area contributed by atoms with Gasteiger partial charge in [0.1, 0.15) is 5.82 Å². The second kappa shape index (κ2) is 3.91. The highest BCUT2D eigenvalue weighted by Gasteiger charge is 2.40. The number of carboxylic acid groups (broad SMARTS) is 1. The highest BCUT2D eigenvalue weighted by molar-refractivity contribution is 8.01. The zero-order valence-electron chi connectivity index (χ0n) is 6.71. The minimum Gasteiger partial charge on any atom is -0.476 e. The van der Waals surface area contributed by atoms with Crippen LogP contribution in [0.5, 0.6) is 0 Å². The van der Waals surface area contributed by atoms with E-state index < -0.39 is 17.0 Å². The topological polar surface area (TPSA) is 37.3 Å². The third-order valence-corrected chi connectivity index (χ3v) is 2.25. The van der Waals surface area contributed by atoms with Crippen LogP contribution >= 0.6 is 11.8 Å². The van der Waals surface area contributed by atoms with Gasteiger partial charge in [0.05, 0.1) is 0 Å². The highest BCUT2D eigenvalue weighted by Crippen LogP contribution is 2.35. The van der Waals surface area contributed by atoms with Crippen molar-refractivity contribution in [3.63, 3.8) is 0 Å². The Kier molecular flexibility index (Phi) is 3.05. The summed E-state index contributed by atoms with van der Waals surface area (Å²) in [5.74, 6) is -2.78. The molecule has 0 aliphatic rings. The molecule has 14 heavy (non-hydrogen) atoms. The number of carbonyl (C=O) groups is 1. The fraction of sp³-hybridized carbons (Fsp3) is 0.125. The molecule has 0 fully saturated rings. The zero-order chi connectivity index (χ0) is 10.8. The van der Waals surface area contributed by atoms with E-state index >= 15 is 0 Å². The van der Waals surface area contributed by atoms with Crippen LogP contribution in [0.3, 0.4) is 0 Å². The average Bonchev–Trinajstić information content (AvgIpc) is 2.08. The van der Waals surface area contributed by atoms with E-state index in [4.69, 9.17) is 5.11 Å². The fourth-order valence-electron chi connectivity index (χ4n) is 0.694. The Hall–Kier alpha value is -1.17. The third kappa shape index (κ3) is 2.66. The first-order valence-electron chi connectivity index (χ1n) is 3.47. The minimum absolute atomic E-state index is 0.00111. The summed E-state index contributed by atoms with van der Waals surface area (Å²) < 4.78 is 37.6. The molecule has 0 saturated heterocycles. The second-order valence-electron chi connectivity index (χ2n) is 2.38. The van der Waals surface area contributed by atoms with Gasteiger partial charge in [0.25, 0.3) is 0 Å². The molecule has 0 aliphatic heterocycles. The maximum atomic E-state index is 12.6. The van der Waals surface area contributed by atoms with Crippen molar-refractivity contribution in [3.05, 3.63) is 30.1 Å². The van der Waals surface area contributed by atoms with Crippen LogP contribution in [-0.2, 0) is 4.79 Å². The lowest BCUT2D eigenvalue weighted by Gasteiger charge is -2.09. The summed E-state index contributed by atoms with van der Waals surface area (Å²) in [7, 11) is 0. The summed E-state index contributed by atoms with van der Waals surface area (Å²) in [5.41, 5.74) is 0. The molecular formula is C8H5F3O2S. The van der Waals surface area contributed by atoms with E-state index in [2.05, 4.69) is 0 Å². The summed E-state index contributed by atoms with van der Waals surface area (Å²) in [6.45, 7) is 0. The summed E-state index contributed by atoms with van der Waals surface area (Å²) in [4.78, 5) is 10.0. The van der Waals surface area contributed by atoms with Crippen LogP contribution in [0.15, 0.2) is 29.2 Å². The van der Waals surface area contributed by atoms with Gasteiger partial charge in [-0.15, -0.1) is 0 Å². The van der Waals surface area contributed by atoms with Crippen molar-refractivity contribution >= 4 is 17.7 Å². The standard InChI is InChI=1S/C8H5F3O2S/c9-5-1-3-6(4-2-5)14-8(10,11)7(12)13/h1-4H,(H,12,13). The van der Waals surface area contributed by atoms with Crippen LogP contribution in [0, 0.1) is 5.82 Å². The number of thioether (sulfide) groups is 1. The van der Waals surface area contributed by atoms with Gasteiger partial charge in [0.2, 0.25) is 0 Å². The van der Waals surface area contributed by atoms with Crippen LogP contribution in [-0.4, -0.2) is 16.3 Å². The van der Waals surface area contributed by atoms with Crippen LogP contribution in [0.4, 0.5) is 13.2 Å². The lowest BCUT2D eigenvalue weighted by atomic mass is 10.4. The van der Waals surface area contributed by atoms with E-state index in [9.17, 15) is 18.0 Å². The van der Waals surface area contributed by atoms with E-state index in [-0.39, 0.29) is 16.7 Å². The number of carboxylic acids is 1. The van der Waals surface area contributed by atoms with Crippen molar-refractivity contribution in [2.24, 2.45) is 0 Å². The molecular weight excluding hydrogens is 217 g/mol. The van der Waals surface area contributed by atoms with Gasteiger partial charge in [0.15, 0.2) is 0 Å². The molecule has 1 N–H and O–H groups in total. The Morgan fingerprint density at radius 1 is 1.29 bits per heavy atom. The molecule has 1 rings (SSSR count). The van der Waals surface area contributed by atoms with Crippen LogP contribution in [0.25, 0.3) is 0 Å². The Bertz CT molecular complexity index is 337. The molecule has 0 saturated carbocycles. The molecule has 0 radical (unpaired) electrons. The smallest absolute Gasteiger partial charge is 0.393 e. The van der Waals surface area contributed by atoms with Gasteiger partial charge in [-0.25, -0.2) is 9.18 Å². The fourth-order valence-corrected chi connectivity index (χ4v) is 1.35. The first-order valence-corrected chi connectivity index (χ1v) is 4.29. The van der Waals surface area contributed by atoms with Crippen LogP contribution in [0.2, 0.25) is 0 Å². The average molecular weight is 222 g/mol. The summed E-state index contributed by atoms with van der Waals surface area (Å²) in [6, 6.07) is 4.16. The number of rotatable bonds is 3. The summed E-state index contributed by atoms with van der Waals surface area (Å²) in [6.07, 6.45) is 0. The number of benzene rings is 1. The molecule has 0 bridgehead atoms. The third-order valence-electron chi connectivity index (χ3n) is 1.31. The molecule has 0 unspecified atom stereocenters. The monoisotopic (exact) mass is 222 g/mol.